The van der Waals surface area contributed by atoms with Gasteiger partial charge >= 0.3 is 6.18 Å². The predicted octanol–water partition coefficient (Wildman–Crippen LogP) is 0.445. The Morgan fingerprint density at radius 2 is 1.74 bits per heavy atom. The van der Waals surface area contributed by atoms with Gasteiger partial charge in [0.05, 0.1) is 0 Å². The third-order valence-corrected chi connectivity index (χ3v) is 3.53. The molecule has 1 rings (SSSR count). The van der Waals surface area contributed by atoms with Crippen LogP contribution in [0.1, 0.15) is 6.42 Å². The summed E-state index contributed by atoms with van der Waals surface area (Å²) in [5, 5.41) is 0. The Morgan fingerprint density at radius 3 is 2.16 bits per heavy atom. The van der Waals surface area contributed by atoms with Crippen LogP contribution in [0.3, 0.4) is 0 Å². The van der Waals surface area contributed by atoms with Crippen molar-refractivity contribution in [1.29, 1.82) is 0 Å². The van der Waals surface area contributed by atoms with Gasteiger partial charge < -0.3 is 10.6 Å². The van der Waals surface area contributed by atoms with Crippen molar-refractivity contribution in [2.45, 2.75) is 18.6 Å². The highest BCUT2D eigenvalue weighted by Gasteiger charge is 2.43. The molecule has 0 amide bonds. The number of hydrogen-bond donors (Lipinski definition) is 1. The molecule has 1 fully saturated rings. The largest absolute Gasteiger partial charge is 0.404 e. The summed E-state index contributed by atoms with van der Waals surface area (Å²) in [6, 6.07) is -1.38. The molecule has 0 aromatic carbocycles. The van der Waals surface area contributed by atoms with E-state index in [0.29, 0.717) is 26.2 Å². The van der Waals surface area contributed by atoms with Gasteiger partial charge in [0.2, 0.25) is 0 Å². The minimum absolute atomic E-state index is 0.0127. The lowest BCUT2D eigenvalue weighted by molar-refractivity contribution is -0.188. The molecule has 1 unspecified atom stereocenters. The van der Waals surface area contributed by atoms with Crippen molar-refractivity contribution in [2.75, 3.05) is 59.9 Å². The monoisotopic (exact) mass is 282 g/mol. The Bertz CT molecular complexity index is 250. The first-order valence-corrected chi connectivity index (χ1v) is 6.72. The minimum atomic E-state index is -4.18. The highest BCUT2D eigenvalue weighted by Crippen LogP contribution is 2.27. The van der Waals surface area contributed by atoms with E-state index in [2.05, 4.69) is 9.80 Å². The van der Waals surface area contributed by atoms with Crippen LogP contribution in [0.4, 0.5) is 13.2 Å². The van der Waals surface area contributed by atoms with Crippen molar-refractivity contribution in [3.8, 4) is 0 Å². The average molecular weight is 282 g/mol. The van der Waals surface area contributed by atoms with Crippen molar-refractivity contribution in [3.05, 3.63) is 0 Å². The maximum absolute atomic E-state index is 12.9. The molecule has 114 valence electrons. The van der Waals surface area contributed by atoms with Gasteiger partial charge in [-0.25, -0.2) is 0 Å². The van der Waals surface area contributed by atoms with Gasteiger partial charge in [0.25, 0.3) is 0 Å². The zero-order valence-corrected chi connectivity index (χ0v) is 11.8. The topological polar surface area (TPSA) is 35.7 Å². The molecule has 0 saturated carbocycles. The Labute approximate surface area is 113 Å². The van der Waals surface area contributed by atoms with Crippen LogP contribution in [0.15, 0.2) is 0 Å². The molecule has 0 spiro atoms. The number of hydrogen-bond acceptors (Lipinski definition) is 4. The van der Waals surface area contributed by atoms with Crippen LogP contribution in [0.25, 0.3) is 0 Å². The van der Waals surface area contributed by atoms with Gasteiger partial charge in [0, 0.05) is 39.3 Å². The van der Waals surface area contributed by atoms with E-state index in [0.717, 1.165) is 13.1 Å². The number of alkyl halides is 3. The highest BCUT2D eigenvalue weighted by molar-refractivity contribution is 4.83. The van der Waals surface area contributed by atoms with E-state index < -0.39 is 12.2 Å². The summed E-state index contributed by atoms with van der Waals surface area (Å²) in [7, 11) is 3.99. The predicted molar refractivity (Wildman–Crippen MR) is 70.1 cm³/mol. The van der Waals surface area contributed by atoms with E-state index in [1.165, 1.54) is 4.90 Å². The van der Waals surface area contributed by atoms with Gasteiger partial charge in [-0.1, -0.05) is 0 Å². The molecular formula is C12H25F3N4. The zero-order chi connectivity index (χ0) is 14.5. The number of halogens is 3. The fourth-order valence-electron chi connectivity index (χ4n) is 2.35. The zero-order valence-electron chi connectivity index (χ0n) is 11.8. The van der Waals surface area contributed by atoms with Gasteiger partial charge in [0.1, 0.15) is 6.04 Å². The van der Waals surface area contributed by atoms with Crippen molar-refractivity contribution >= 4 is 0 Å². The Kier molecular flexibility index (Phi) is 6.52. The van der Waals surface area contributed by atoms with Crippen LogP contribution in [0.2, 0.25) is 0 Å². The van der Waals surface area contributed by atoms with E-state index in [-0.39, 0.29) is 13.0 Å². The number of rotatable bonds is 6. The second kappa shape index (κ2) is 7.42. The fraction of sp³-hybridized carbons (Fsp3) is 1.00. The van der Waals surface area contributed by atoms with E-state index in [1.807, 2.05) is 14.1 Å². The summed E-state index contributed by atoms with van der Waals surface area (Å²) in [5.41, 5.74) is 5.30. The third-order valence-electron chi connectivity index (χ3n) is 3.53. The molecule has 7 heteroatoms. The quantitative estimate of drug-likeness (QED) is 0.767. The summed E-state index contributed by atoms with van der Waals surface area (Å²) in [5.74, 6) is 0. The Hall–Kier alpha value is -0.370. The van der Waals surface area contributed by atoms with Crippen molar-refractivity contribution in [2.24, 2.45) is 5.73 Å². The van der Waals surface area contributed by atoms with E-state index in [1.54, 1.807) is 0 Å². The molecule has 1 saturated heterocycles. The summed E-state index contributed by atoms with van der Waals surface area (Å²) in [4.78, 5) is 5.82. The molecule has 0 bridgehead atoms. The molecule has 0 aliphatic carbocycles. The summed E-state index contributed by atoms with van der Waals surface area (Å²) < 4.78 is 38.8. The van der Waals surface area contributed by atoms with Crippen LogP contribution in [0.5, 0.6) is 0 Å². The van der Waals surface area contributed by atoms with Gasteiger partial charge in [-0.15, -0.1) is 0 Å². The third kappa shape index (κ3) is 5.64. The standard InChI is InChI=1S/C12H25F3N4/c1-17(2)5-6-18-7-9-19(10-8-18)11(3-4-16)12(13,14)15/h11H,3-10,16H2,1-2H3. The number of likely N-dealkylation sites (N-methyl/N-ethyl adjacent to an activating group) is 1. The summed E-state index contributed by atoms with van der Waals surface area (Å²) >= 11 is 0. The average Bonchev–Trinajstić information content (AvgIpc) is 2.33. The molecule has 4 nitrogen and oxygen atoms in total. The Balaban J connectivity index is 2.42. The molecule has 1 heterocycles. The van der Waals surface area contributed by atoms with E-state index in [4.69, 9.17) is 5.73 Å². The first kappa shape index (κ1) is 16.7. The van der Waals surface area contributed by atoms with Crippen molar-refractivity contribution in [1.82, 2.24) is 14.7 Å². The van der Waals surface area contributed by atoms with Crippen LogP contribution < -0.4 is 5.73 Å². The van der Waals surface area contributed by atoms with Gasteiger partial charge in [-0.05, 0) is 27.1 Å². The molecule has 1 aliphatic heterocycles. The summed E-state index contributed by atoms with van der Waals surface area (Å²) in [6.45, 7) is 4.26. The van der Waals surface area contributed by atoms with Crippen LogP contribution in [0, 0.1) is 0 Å². The maximum atomic E-state index is 12.9. The first-order valence-electron chi connectivity index (χ1n) is 6.72. The number of nitrogens with zero attached hydrogens (tertiary/aromatic N) is 3. The van der Waals surface area contributed by atoms with Crippen molar-refractivity contribution in [3.63, 3.8) is 0 Å². The second-order valence-corrected chi connectivity index (χ2v) is 5.32. The van der Waals surface area contributed by atoms with Gasteiger partial charge in [-0.2, -0.15) is 13.2 Å². The fourth-order valence-corrected chi connectivity index (χ4v) is 2.35. The normalized spacial score (nSPS) is 21.0. The maximum Gasteiger partial charge on any atom is 0.404 e. The molecule has 0 radical (unpaired) electrons. The summed E-state index contributed by atoms with van der Waals surface area (Å²) in [6.07, 6.45) is -4.19. The van der Waals surface area contributed by atoms with E-state index >= 15 is 0 Å². The minimum Gasteiger partial charge on any atom is -0.330 e. The van der Waals surface area contributed by atoms with Crippen LogP contribution in [-0.2, 0) is 0 Å². The molecule has 1 atom stereocenters. The lowest BCUT2D eigenvalue weighted by Crippen LogP contribution is -2.55. The van der Waals surface area contributed by atoms with Gasteiger partial charge in [-0.3, -0.25) is 9.80 Å². The molecule has 19 heavy (non-hydrogen) atoms. The smallest absolute Gasteiger partial charge is 0.330 e. The molecular weight excluding hydrogens is 257 g/mol. The van der Waals surface area contributed by atoms with Crippen LogP contribution in [-0.4, -0.2) is 86.8 Å². The second-order valence-electron chi connectivity index (χ2n) is 5.32. The van der Waals surface area contributed by atoms with E-state index in [9.17, 15) is 13.2 Å². The lowest BCUT2D eigenvalue weighted by atomic mass is 10.1. The number of piperazine rings is 1. The Morgan fingerprint density at radius 1 is 1.16 bits per heavy atom. The molecule has 0 aromatic rings. The molecule has 2 N–H and O–H groups in total. The molecule has 0 aromatic heterocycles. The van der Waals surface area contributed by atoms with Gasteiger partial charge in [0.15, 0.2) is 0 Å². The van der Waals surface area contributed by atoms with Crippen molar-refractivity contribution < 1.29 is 13.2 Å². The molecule has 1 aliphatic rings. The SMILES string of the molecule is CN(C)CCN1CCN(C(CCN)C(F)(F)F)CC1. The lowest BCUT2D eigenvalue weighted by Gasteiger charge is -2.40. The first-order chi connectivity index (χ1) is 8.84. The highest BCUT2D eigenvalue weighted by atomic mass is 19.4. The van der Waals surface area contributed by atoms with Crippen LogP contribution >= 0.6 is 0 Å². The number of nitrogens with two attached hydrogens (primary N) is 1.